The van der Waals surface area contributed by atoms with Gasteiger partial charge in [0.2, 0.25) is 0 Å². The molecule has 7 heteroatoms. The first-order valence-electron chi connectivity index (χ1n) is 5.48. The van der Waals surface area contributed by atoms with Gasteiger partial charge in [0.15, 0.2) is 0 Å². The quantitative estimate of drug-likeness (QED) is 0.438. The van der Waals surface area contributed by atoms with E-state index < -0.39 is 12.0 Å². The fourth-order valence-corrected chi connectivity index (χ4v) is 3.97. The molecule has 0 aliphatic heterocycles. The van der Waals surface area contributed by atoms with Gasteiger partial charge in [0, 0.05) is 0 Å². The van der Waals surface area contributed by atoms with Crippen molar-refractivity contribution in [2.24, 2.45) is 0 Å². The Bertz CT molecular complexity index is 426. The molecule has 18 heavy (non-hydrogen) atoms. The molecule has 0 aromatic carbocycles. The van der Waals surface area contributed by atoms with Crippen molar-refractivity contribution in [2.45, 2.75) is 24.1 Å². The molecule has 1 aromatic rings. The molecule has 1 atom stereocenters. The average molecular weight is 383 g/mol. The second kappa shape index (κ2) is 6.22. The molecule has 0 saturated heterocycles. The Morgan fingerprint density at radius 1 is 1.39 bits per heavy atom. The number of aromatic amines is 1. The van der Waals surface area contributed by atoms with Gasteiger partial charge in [-0.15, -0.1) is 0 Å². The summed E-state index contributed by atoms with van der Waals surface area (Å²) in [5, 5.41) is 11.3. The summed E-state index contributed by atoms with van der Waals surface area (Å²) < 4.78 is 2.39. The van der Waals surface area contributed by atoms with E-state index in [4.69, 9.17) is 0 Å². The SMILES string of the molecule is C[Se]c1nc([Se]C)c(C[C@@H](C(=O)[O-])[N+](C)(C)C)[nH]1. The monoisotopic (exact) mass is 385 g/mol. The zero-order valence-electron chi connectivity index (χ0n) is 11.3. The Hall–Kier alpha value is -0.321. The van der Waals surface area contributed by atoms with Crippen LogP contribution in [0.5, 0.6) is 0 Å². The van der Waals surface area contributed by atoms with Crippen LogP contribution in [0.4, 0.5) is 0 Å². The number of carbonyl (C=O) groups is 1. The van der Waals surface area contributed by atoms with E-state index in [0.717, 1.165) is 15.0 Å². The molecule has 1 aromatic heterocycles. The second-order valence-electron chi connectivity index (χ2n) is 4.89. The fourth-order valence-electron chi connectivity index (χ4n) is 1.64. The molecule has 0 aliphatic rings. The van der Waals surface area contributed by atoms with E-state index >= 15 is 0 Å². The molecule has 1 rings (SSSR count). The van der Waals surface area contributed by atoms with E-state index in [1.165, 1.54) is 0 Å². The molecular formula is C11H19N3O2Se2. The summed E-state index contributed by atoms with van der Waals surface area (Å²) >= 11 is 0.586. The zero-order valence-corrected chi connectivity index (χ0v) is 14.7. The number of carboxylic acid groups (broad SMARTS) is 1. The van der Waals surface area contributed by atoms with Gasteiger partial charge < -0.3 is 0 Å². The number of imidazole rings is 1. The summed E-state index contributed by atoms with van der Waals surface area (Å²) in [6, 6.07) is -0.552. The minimum atomic E-state index is -1.00. The number of quaternary nitrogens is 1. The first-order valence-corrected chi connectivity index (χ1v) is 10.6. The molecule has 0 fully saturated rings. The van der Waals surface area contributed by atoms with Crippen LogP contribution in [0.2, 0.25) is 11.6 Å². The van der Waals surface area contributed by atoms with Crippen molar-refractivity contribution in [1.82, 2.24) is 9.97 Å². The number of carboxylic acids is 1. The summed E-state index contributed by atoms with van der Waals surface area (Å²) in [5.41, 5.74) is 0.971. The van der Waals surface area contributed by atoms with Crippen LogP contribution < -0.4 is 14.4 Å². The Morgan fingerprint density at radius 2 is 2.00 bits per heavy atom. The zero-order chi connectivity index (χ0) is 13.9. The van der Waals surface area contributed by atoms with Crippen molar-refractivity contribution in [3.05, 3.63) is 5.69 Å². The van der Waals surface area contributed by atoms with Crippen LogP contribution in [-0.2, 0) is 11.2 Å². The van der Waals surface area contributed by atoms with Crippen molar-refractivity contribution in [3.63, 3.8) is 0 Å². The van der Waals surface area contributed by atoms with Crippen LogP contribution >= 0.6 is 0 Å². The fraction of sp³-hybridized carbons (Fsp3) is 0.636. The van der Waals surface area contributed by atoms with E-state index in [0.29, 0.717) is 25.9 Å². The molecule has 5 nitrogen and oxygen atoms in total. The molecular weight excluding hydrogens is 364 g/mol. The van der Waals surface area contributed by atoms with Crippen molar-refractivity contribution in [2.75, 3.05) is 21.1 Å². The molecule has 0 radical (unpaired) electrons. The van der Waals surface area contributed by atoms with Crippen LogP contribution in [0.25, 0.3) is 0 Å². The molecule has 0 amide bonds. The van der Waals surface area contributed by atoms with Crippen LogP contribution in [0.3, 0.4) is 0 Å². The normalized spacial score (nSPS) is 13.6. The van der Waals surface area contributed by atoms with Gasteiger partial charge in [0.25, 0.3) is 0 Å². The Kier molecular flexibility index (Phi) is 5.44. The number of H-pyrrole nitrogens is 1. The maximum absolute atomic E-state index is 11.3. The molecule has 0 spiro atoms. The van der Waals surface area contributed by atoms with E-state index in [9.17, 15) is 9.90 Å². The number of nitrogens with one attached hydrogen (secondary N) is 1. The van der Waals surface area contributed by atoms with Gasteiger partial charge in [-0.25, -0.2) is 0 Å². The number of carbonyl (C=O) groups excluding carboxylic acids is 1. The Labute approximate surface area is 120 Å². The van der Waals surface area contributed by atoms with Crippen molar-refractivity contribution in [1.29, 1.82) is 0 Å². The molecule has 102 valence electrons. The summed E-state index contributed by atoms with van der Waals surface area (Å²) in [5.74, 6) is 3.19. The summed E-state index contributed by atoms with van der Waals surface area (Å²) in [7, 11) is 5.62. The second-order valence-corrected chi connectivity index (χ2v) is 8.22. The number of aromatic nitrogens is 2. The first kappa shape index (κ1) is 15.7. The van der Waals surface area contributed by atoms with Crippen molar-refractivity contribution < 1.29 is 14.4 Å². The molecule has 0 saturated carbocycles. The summed E-state index contributed by atoms with van der Waals surface area (Å²) in [6.07, 6.45) is 0.458. The third-order valence-electron chi connectivity index (χ3n) is 2.71. The number of nitrogens with zero attached hydrogens (tertiary/aromatic N) is 2. The van der Waals surface area contributed by atoms with Gasteiger partial charge >= 0.3 is 120 Å². The standard InChI is InChI=1S/C11H19N3O2Se2/c1-14(2,3)8(10(15)16)6-7-9(17-4)13-11(12-7)18-5/h8H,6H2,1-5H3,(H-,12,13,15,16)/t8-/m0/s1. The van der Waals surface area contributed by atoms with E-state index in [-0.39, 0.29) is 15.0 Å². The first-order chi connectivity index (χ1) is 8.29. The molecule has 0 unspecified atom stereocenters. The Morgan fingerprint density at radius 3 is 2.39 bits per heavy atom. The van der Waals surface area contributed by atoms with Gasteiger partial charge in [0.05, 0.1) is 0 Å². The number of likely N-dealkylation sites (N-methyl/N-ethyl adjacent to an activating group) is 1. The molecule has 0 bridgehead atoms. The van der Waals surface area contributed by atoms with Gasteiger partial charge in [0.1, 0.15) is 0 Å². The predicted molar refractivity (Wildman–Crippen MR) is 71.6 cm³/mol. The molecule has 1 heterocycles. The van der Waals surface area contributed by atoms with Crippen molar-refractivity contribution >= 4 is 45.2 Å². The topological polar surface area (TPSA) is 68.8 Å². The van der Waals surface area contributed by atoms with E-state index in [1.807, 2.05) is 21.1 Å². The maximum atomic E-state index is 11.3. The number of aliphatic carboxylic acids is 1. The van der Waals surface area contributed by atoms with E-state index in [1.54, 1.807) is 0 Å². The van der Waals surface area contributed by atoms with Crippen LogP contribution in [0.15, 0.2) is 0 Å². The number of hydrogen-bond donors (Lipinski definition) is 1. The summed E-state index contributed by atoms with van der Waals surface area (Å²) in [4.78, 5) is 19.1. The third kappa shape index (κ3) is 3.84. The van der Waals surface area contributed by atoms with E-state index in [2.05, 4.69) is 21.6 Å². The summed E-state index contributed by atoms with van der Waals surface area (Å²) in [6.45, 7) is 0. The minimum absolute atomic E-state index is 0.275. The third-order valence-corrected chi connectivity index (χ3v) is 5.45. The van der Waals surface area contributed by atoms with Gasteiger partial charge in [-0.3, -0.25) is 0 Å². The molecule has 1 N–H and O–H groups in total. The van der Waals surface area contributed by atoms with Gasteiger partial charge in [-0.05, 0) is 0 Å². The van der Waals surface area contributed by atoms with Crippen LogP contribution in [0, 0.1) is 0 Å². The van der Waals surface area contributed by atoms with Gasteiger partial charge in [-0.2, -0.15) is 0 Å². The average Bonchev–Trinajstić information content (AvgIpc) is 2.66. The number of rotatable bonds is 6. The van der Waals surface area contributed by atoms with Crippen LogP contribution in [-0.4, -0.2) is 77.5 Å². The van der Waals surface area contributed by atoms with Gasteiger partial charge in [-0.1, -0.05) is 0 Å². The molecule has 0 aliphatic carbocycles. The number of hydrogen-bond acceptors (Lipinski definition) is 3. The predicted octanol–water partition coefficient (Wildman–Crippen LogP) is -2.47. The van der Waals surface area contributed by atoms with Crippen LogP contribution in [0.1, 0.15) is 5.69 Å². The Balaban J connectivity index is 3.00. The van der Waals surface area contributed by atoms with Crippen molar-refractivity contribution in [3.8, 4) is 0 Å².